The molecule has 0 bridgehead atoms. The summed E-state index contributed by atoms with van der Waals surface area (Å²) in [7, 11) is 1.60. The van der Waals surface area contributed by atoms with E-state index in [9.17, 15) is 14.9 Å². The van der Waals surface area contributed by atoms with Gasteiger partial charge in [-0.1, -0.05) is 11.6 Å². The number of carbonyl (C=O) groups is 1. The summed E-state index contributed by atoms with van der Waals surface area (Å²) in [5, 5.41) is 13.4. The highest BCUT2D eigenvalue weighted by Gasteiger charge is 2.18. The minimum absolute atomic E-state index is 0.0101. The SMILES string of the molecule is COCCCCNC(=O)c1cc([N+](=O)[O-])cc(Cl)c1N. The van der Waals surface area contributed by atoms with Crippen molar-refractivity contribution in [3.8, 4) is 0 Å². The lowest BCUT2D eigenvalue weighted by molar-refractivity contribution is -0.384. The first-order valence-electron chi connectivity index (χ1n) is 5.98. The topological polar surface area (TPSA) is 107 Å². The number of nitrogens with one attached hydrogen (secondary N) is 1. The number of benzene rings is 1. The molecule has 0 spiro atoms. The Hall–Kier alpha value is -1.86. The van der Waals surface area contributed by atoms with Gasteiger partial charge in [0.25, 0.3) is 11.6 Å². The third-order valence-corrected chi connectivity index (χ3v) is 2.94. The molecule has 1 rings (SSSR count). The molecule has 0 aliphatic heterocycles. The molecule has 0 radical (unpaired) electrons. The molecule has 8 heteroatoms. The number of ether oxygens (including phenoxy) is 1. The molecule has 1 aromatic carbocycles. The molecule has 110 valence electrons. The second-order valence-corrected chi connectivity index (χ2v) is 4.51. The van der Waals surface area contributed by atoms with Crippen LogP contribution in [0.5, 0.6) is 0 Å². The zero-order valence-corrected chi connectivity index (χ0v) is 11.8. The van der Waals surface area contributed by atoms with E-state index >= 15 is 0 Å². The lowest BCUT2D eigenvalue weighted by Crippen LogP contribution is -2.25. The standard InChI is InChI=1S/C12H16ClN3O4/c1-20-5-3-2-4-15-12(17)9-6-8(16(18)19)7-10(13)11(9)14/h6-7H,2-5,14H2,1H3,(H,15,17). The van der Waals surface area contributed by atoms with Crippen LogP contribution in [0, 0.1) is 10.1 Å². The second-order valence-electron chi connectivity index (χ2n) is 4.10. The average Bonchev–Trinajstić information content (AvgIpc) is 2.41. The first kappa shape index (κ1) is 16.2. The normalized spacial score (nSPS) is 10.3. The molecule has 20 heavy (non-hydrogen) atoms. The first-order valence-corrected chi connectivity index (χ1v) is 6.35. The van der Waals surface area contributed by atoms with Crippen molar-refractivity contribution in [1.82, 2.24) is 5.32 Å². The molecule has 0 aliphatic carbocycles. The number of nitro groups is 1. The minimum Gasteiger partial charge on any atom is -0.397 e. The lowest BCUT2D eigenvalue weighted by atomic mass is 10.1. The maximum Gasteiger partial charge on any atom is 0.271 e. The number of hydrogen-bond donors (Lipinski definition) is 2. The molecule has 3 N–H and O–H groups in total. The van der Waals surface area contributed by atoms with Crippen molar-refractivity contribution in [3.63, 3.8) is 0 Å². The van der Waals surface area contributed by atoms with Crippen LogP contribution in [-0.4, -0.2) is 31.1 Å². The van der Waals surface area contributed by atoms with Gasteiger partial charge in [0.15, 0.2) is 0 Å². The Balaban J connectivity index is 2.74. The molecule has 7 nitrogen and oxygen atoms in total. The third-order valence-electron chi connectivity index (χ3n) is 2.63. The van der Waals surface area contributed by atoms with Crippen LogP contribution in [0.3, 0.4) is 0 Å². The first-order chi connectivity index (χ1) is 9.47. The monoisotopic (exact) mass is 301 g/mol. The Labute approximate surface area is 121 Å². The molecule has 1 aromatic rings. The van der Waals surface area contributed by atoms with Gasteiger partial charge in [0.05, 0.1) is 21.2 Å². The number of anilines is 1. The van der Waals surface area contributed by atoms with E-state index in [2.05, 4.69) is 5.32 Å². The van der Waals surface area contributed by atoms with Gasteiger partial charge in [0, 0.05) is 32.4 Å². The van der Waals surface area contributed by atoms with Crippen molar-refractivity contribution in [2.24, 2.45) is 0 Å². The van der Waals surface area contributed by atoms with Gasteiger partial charge >= 0.3 is 0 Å². The van der Waals surface area contributed by atoms with E-state index in [0.29, 0.717) is 13.2 Å². The Morgan fingerprint density at radius 2 is 2.20 bits per heavy atom. The molecule has 0 unspecified atom stereocenters. The van der Waals surface area contributed by atoms with Crippen LogP contribution in [0.15, 0.2) is 12.1 Å². The number of halogens is 1. The van der Waals surface area contributed by atoms with Crippen molar-refractivity contribution in [3.05, 3.63) is 32.8 Å². The summed E-state index contributed by atoms with van der Waals surface area (Å²) in [6.07, 6.45) is 1.55. The third kappa shape index (κ3) is 4.36. The minimum atomic E-state index is -0.624. The Morgan fingerprint density at radius 3 is 2.80 bits per heavy atom. The highest BCUT2D eigenvalue weighted by molar-refractivity contribution is 6.34. The summed E-state index contributed by atoms with van der Waals surface area (Å²) >= 11 is 5.78. The highest BCUT2D eigenvalue weighted by Crippen LogP contribution is 2.28. The zero-order valence-electron chi connectivity index (χ0n) is 11.0. The molecule has 0 aromatic heterocycles. The van der Waals surface area contributed by atoms with E-state index in [1.165, 1.54) is 0 Å². The molecule has 0 fully saturated rings. The van der Waals surface area contributed by atoms with E-state index in [4.69, 9.17) is 22.1 Å². The Bertz CT molecular complexity index is 508. The summed E-state index contributed by atoms with van der Waals surface area (Å²) in [6.45, 7) is 1.04. The van der Waals surface area contributed by atoms with Crippen LogP contribution in [-0.2, 0) is 4.74 Å². The van der Waals surface area contributed by atoms with Gasteiger partial charge in [-0.05, 0) is 12.8 Å². The fourth-order valence-corrected chi connectivity index (χ4v) is 1.78. The van der Waals surface area contributed by atoms with Crippen molar-refractivity contribution >= 4 is 28.9 Å². The van der Waals surface area contributed by atoms with E-state index in [0.717, 1.165) is 25.0 Å². The molecule has 0 heterocycles. The number of carbonyl (C=O) groups excluding carboxylic acids is 1. The van der Waals surface area contributed by atoms with Gasteiger partial charge in [-0.2, -0.15) is 0 Å². The Kier molecular flexibility index (Phi) is 6.20. The van der Waals surface area contributed by atoms with Crippen LogP contribution in [0.2, 0.25) is 5.02 Å². The Morgan fingerprint density at radius 1 is 1.50 bits per heavy atom. The fourth-order valence-electron chi connectivity index (χ4n) is 1.57. The molecule has 0 saturated heterocycles. The van der Waals surface area contributed by atoms with Gasteiger partial charge in [0.2, 0.25) is 0 Å². The van der Waals surface area contributed by atoms with Crippen LogP contribution in [0.4, 0.5) is 11.4 Å². The summed E-state index contributed by atoms with van der Waals surface area (Å²) in [5.41, 5.74) is 5.44. The van der Waals surface area contributed by atoms with E-state index in [-0.39, 0.29) is 22.0 Å². The van der Waals surface area contributed by atoms with E-state index in [1.54, 1.807) is 7.11 Å². The number of nitrogens with zero attached hydrogens (tertiary/aromatic N) is 1. The molecule has 0 saturated carbocycles. The number of nitro benzene ring substituents is 1. The summed E-state index contributed by atoms with van der Waals surface area (Å²) < 4.78 is 4.89. The highest BCUT2D eigenvalue weighted by atomic mass is 35.5. The maximum absolute atomic E-state index is 11.9. The van der Waals surface area contributed by atoms with Gasteiger partial charge < -0.3 is 15.8 Å². The van der Waals surface area contributed by atoms with Crippen LogP contribution < -0.4 is 11.1 Å². The van der Waals surface area contributed by atoms with Crippen LogP contribution in [0.1, 0.15) is 23.2 Å². The number of amides is 1. The summed E-state index contributed by atoms with van der Waals surface area (Å²) in [6, 6.07) is 2.23. The predicted octanol–water partition coefficient (Wildman–Crippen LogP) is 1.99. The number of nitrogen functional groups attached to an aromatic ring is 1. The molecule has 0 aliphatic rings. The van der Waals surface area contributed by atoms with Gasteiger partial charge in [-0.25, -0.2) is 0 Å². The van der Waals surface area contributed by atoms with Gasteiger partial charge in [-0.15, -0.1) is 0 Å². The van der Waals surface area contributed by atoms with Crippen molar-refractivity contribution in [1.29, 1.82) is 0 Å². The molecular weight excluding hydrogens is 286 g/mol. The van der Waals surface area contributed by atoms with Crippen LogP contribution >= 0.6 is 11.6 Å². The van der Waals surface area contributed by atoms with Gasteiger partial charge in [0.1, 0.15) is 0 Å². The zero-order chi connectivity index (χ0) is 15.1. The number of rotatable bonds is 7. The van der Waals surface area contributed by atoms with Gasteiger partial charge in [-0.3, -0.25) is 14.9 Å². The lowest BCUT2D eigenvalue weighted by Gasteiger charge is -2.08. The number of hydrogen-bond acceptors (Lipinski definition) is 5. The molecule has 0 atom stereocenters. The maximum atomic E-state index is 11.9. The average molecular weight is 302 g/mol. The largest absolute Gasteiger partial charge is 0.397 e. The molecular formula is C12H16ClN3O4. The predicted molar refractivity (Wildman–Crippen MR) is 76.0 cm³/mol. The second kappa shape index (κ2) is 7.66. The van der Waals surface area contributed by atoms with Crippen molar-refractivity contribution in [2.75, 3.05) is 26.0 Å². The summed E-state index contributed by atoms with van der Waals surface area (Å²) in [5.74, 6) is -0.481. The quantitative estimate of drug-likeness (QED) is 0.346. The van der Waals surface area contributed by atoms with E-state index < -0.39 is 10.8 Å². The fraction of sp³-hybridized carbons (Fsp3) is 0.417. The van der Waals surface area contributed by atoms with Crippen LogP contribution in [0.25, 0.3) is 0 Å². The van der Waals surface area contributed by atoms with Crippen molar-refractivity contribution in [2.45, 2.75) is 12.8 Å². The summed E-state index contributed by atoms with van der Waals surface area (Å²) in [4.78, 5) is 22.0. The molecule has 1 amide bonds. The smallest absolute Gasteiger partial charge is 0.271 e. The number of methoxy groups -OCH3 is 1. The van der Waals surface area contributed by atoms with E-state index in [1.807, 2.05) is 0 Å². The number of unbranched alkanes of at least 4 members (excludes halogenated alkanes) is 1. The number of non-ortho nitro benzene ring substituents is 1. The number of nitrogens with two attached hydrogens (primary N) is 1. The van der Waals surface area contributed by atoms with Crippen molar-refractivity contribution < 1.29 is 14.5 Å².